The minimum atomic E-state index is -4.93. The van der Waals surface area contributed by atoms with Gasteiger partial charge in [0, 0.05) is 18.8 Å². The van der Waals surface area contributed by atoms with Crippen LogP contribution in [0.3, 0.4) is 0 Å². The number of benzene rings is 2. The summed E-state index contributed by atoms with van der Waals surface area (Å²) in [5, 5.41) is 2.68. The van der Waals surface area contributed by atoms with Gasteiger partial charge in [0.1, 0.15) is 5.54 Å². The molecule has 0 saturated carbocycles. The maximum Gasteiger partial charge on any atom is 0.471 e. The Labute approximate surface area is 161 Å². The fraction of sp³-hybridized carbons (Fsp3) is 0.300. The van der Waals surface area contributed by atoms with Crippen molar-refractivity contribution in [1.29, 1.82) is 0 Å². The molecule has 0 saturated heterocycles. The third-order valence-corrected chi connectivity index (χ3v) is 4.31. The van der Waals surface area contributed by atoms with E-state index in [4.69, 9.17) is 5.73 Å². The number of alkyl halides is 3. The van der Waals surface area contributed by atoms with Crippen molar-refractivity contribution in [3.05, 3.63) is 65.7 Å². The van der Waals surface area contributed by atoms with Crippen molar-refractivity contribution < 1.29 is 22.8 Å². The maximum atomic E-state index is 12.7. The van der Waals surface area contributed by atoms with Gasteiger partial charge in [0.15, 0.2) is 0 Å². The molecule has 150 valence electrons. The molecular weight excluding hydrogens is 371 g/mol. The summed E-state index contributed by atoms with van der Waals surface area (Å²) < 4.78 is 38.0. The van der Waals surface area contributed by atoms with Crippen molar-refractivity contribution in [2.24, 2.45) is 5.73 Å². The van der Waals surface area contributed by atoms with Gasteiger partial charge in [-0.3, -0.25) is 9.59 Å². The van der Waals surface area contributed by atoms with E-state index in [2.05, 4.69) is 5.32 Å². The number of anilines is 1. The first-order valence-corrected chi connectivity index (χ1v) is 8.66. The van der Waals surface area contributed by atoms with Crippen LogP contribution < -0.4 is 11.1 Å². The molecule has 1 unspecified atom stereocenters. The number of hydrogen-bond acceptors (Lipinski definition) is 3. The van der Waals surface area contributed by atoms with E-state index in [1.807, 2.05) is 6.07 Å². The van der Waals surface area contributed by atoms with Gasteiger partial charge in [0.2, 0.25) is 5.91 Å². The molecule has 1 atom stereocenters. The molecule has 0 fully saturated rings. The van der Waals surface area contributed by atoms with Crippen LogP contribution in [-0.4, -0.2) is 29.4 Å². The van der Waals surface area contributed by atoms with Crippen LogP contribution in [0.2, 0.25) is 0 Å². The first-order valence-electron chi connectivity index (χ1n) is 8.66. The molecule has 0 aromatic heterocycles. The molecule has 3 N–H and O–H groups in total. The Kier molecular flexibility index (Phi) is 6.45. The lowest BCUT2D eigenvalue weighted by Crippen LogP contribution is -2.45. The van der Waals surface area contributed by atoms with E-state index in [9.17, 15) is 22.8 Å². The number of rotatable bonds is 6. The highest BCUT2D eigenvalue weighted by atomic mass is 19.4. The molecule has 0 bridgehead atoms. The predicted molar refractivity (Wildman–Crippen MR) is 100 cm³/mol. The van der Waals surface area contributed by atoms with Gasteiger partial charge >= 0.3 is 12.1 Å². The summed E-state index contributed by atoms with van der Waals surface area (Å²) in [6, 6.07) is 15.1. The number of amides is 2. The summed E-state index contributed by atoms with van der Waals surface area (Å²) in [4.78, 5) is 24.8. The highest BCUT2D eigenvalue weighted by Crippen LogP contribution is 2.23. The number of carbonyl (C=O) groups excluding carboxylic acids is 2. The van der Waals surface area contributed by atoms with Crippen molar-refractivity contribution in [1.82, 2.24) is 4.90 Å². The van der Waals surface area contributed by atoms with Gasteiger partial charge in [0.05, 0.1) is 0 Å². The molecule has 0 heterocycles. The van der Waals surface area contributed by atoms with Gasteiger partial charge < -0.3 is 16.0 Å². The molecule has 2 amide bonds. The van der Waals surface area contributed by atoms with Crippen LogP contribution in [-0.2, 0) is 21.7 Å². The molecule has 0 aliphatic heterocycles. The second-order valence-corrected chi connectivity index (χ2v) is 6.54. The average Bonchev–Trinajstić information content (AvgIpc) is 2.65. The average molecular weight is 393 g/mol. The zero-order chi connectivity index (χ0) is 20.9. The Morgan fingerprint density at radius 1 is 1.07 bits per heavy atom. The fourth-order valence-electron chi connectivity index (χ4n) is 2.65. The molecular formula is C20H22F3N3O2. The molecule has 2 aromatic rings. The molecule has 5 nitrogen and oxygen atoms in total. The summed E-state index contributed by atoms with van der Waals surface area (Å²) in [6.07, 6.45) is -4.93. The second kappa shape index (κ2) is 8.43. The van der Waals surface area contributed by atoms with Crippen LogP contribution in [0.5, 0.6) is 0 Å². The number of halogens is 3. The van der Waals surface area contributed by atoms with Crippen LogP contribution in [0.1, 0.15) is 25.0 Å². The number of nitrogens with zero attached hydrogens (tertiary/aromatic N) is 1. The monoisotopic (exact) mass is 393 g/mol. The van der Waals surface area contributed by atoms with E-state index in [1.54, 1.807) is 49.4 Å². The predicted octanol–water partition coefficient (Wildman–Crippen LogP) is 3.41. The van der Waals surface area contributed by atoms with E-state index in [-0.39, 0.29) is 13.1 Å². The fourth-order valence-corrected chi connectivity index (χ4v) is 2.65. The lowest BCUT2D eigenvalue weighted by Gasteiger charge is -2.25. The van der Waals surface area contributed by atoms with Crippen LogP contribution in [0.25, 0.3) is 0 Å². The zero-order valence-corrected chi connectivity index (χ0v) is 15.6. The minimum absolute atomic E-state index is 0.0934. The molecule has 28 heavy (non-hydrogen) atoms. The van der Waals surface area contributed by atoms with Gasteiger partial charge in [-0.15, -0.1) is 0 Å². The van der Waals surface area contributed by atoms with E-state index >= 15 is 0 Å². The minimum Gasteiger partial charge on any atom is -0.331 e. The summed E-state index contributed by atoms with van der Waals surface area (Å²) >= 11 is 0. The van der Waals surface area contributed by atoms with Crippen LogP contribution >= 0.6 is 0 Å². The third-order valence-electron chi connectivity index (χ3n) is 4.31. The zero-order valence-electron chi connectivity index (χ0n) is 15.6. The Morgan fingerprint density at radius 3 is 2.29 bits per heavy atom. The van der Waals surface area contributed by atoms with Gasteiger partial charge in [-0.25, -0.2) is 0 Å². The molecule has 0 aliphatic carbocycles. The SMILES string of the molecule is CCN(Cc1cccc(NC(=O)C(C)(N)c2ccccc2)c1)C(=O)C(F)(F)F. The Hall–Kier alpha value is -2.87. The molecule has 0 spiro atoms. The van der Waals surface area contributed by atoms with Crippen molar-refractivity contribution in [3.63, 3.8) is 0 Å². The van der Waals surface area contributed by atoms with Gasteiger partial charge in [-0.1, -0.05) is 42.5 Å². The first kappa shape index (κ1) is 21.4. The number of hydrogen-bond donors (Lipinski definition) is 2. The Bertz CT molecular complexity index is 836. The van der Waals surface area contributed by atoms with E-state index in [0.717, 1.165) is 0 Å². The maximum absolute atomic E-state index is 12.7. The summed E-state index contributed by atoms with van der Waals surface area (Å²) in [7, 11) is 0. The van der Waals surface area contributed by atoms with Crippen molar-refractivity contribution in [2.75, 3.05) is 11.9 Å². The van der Waals surface area contributed by atoms with E-state index < -0.39 is 23.5 Å². The van der Waals surface area contributed by atoms with Gasteiger partial charge in [0.25, 0.3) is 0 Å². The number of carbonyl (C=O) groups is 2. The molecule has 0 radical (unpaired) electrons. The summed E-state index contributed by atoms with van der Waals surface area (Å²) in [5.74, 6) is -2.36. The molecule has 0 aliphatic rings. The molecule has 2 aromatic carbocycles. The lowest BCUT2D eigenvalue weighted by molar-refractivity contribution is -0.185. The highest BCUT2D eigenvalue weighted by molar-refractivity contribution is 5.98. The summed E-state index contributed by atoms with van der Waals surface area (Å²) in [5.41, 5.74) is 6.33. The quantitative estimate of drug-likeness (QED) is 0.790. The normalized spacial score (nSPS) is 13.5. The van der Waals surface area contributed by atoms with Crippen LogP contribution in [0.4, 0.5) is 18.9 Å². The number of nitrogens with one attached hydrogen (secondary N) is 1. The lowest BCUT2D eigenvalue weighted by atomic mass is 9.92. The van der Waals surface area contributed by atoms with Gasteiger partial charge in [-0.2, -0.15) is 13.2 Å². The second-order valence-electron chi connectivity index (χ2n) is 6.54. The number of nitrogens with two attached hydrogens (primary N) is 1. The third kappa shape index (κ3) is 5.10. The van der Waals surface area contributed by atoms with E-state index in [0.29, 0.717) is 21.7 Å². The Morgan fingerprint density at radius 2 is 1.71 bits per heavy atom. The van der Waals surface area contributed by atoms with Gasteiger partial charge in [-0.05, 0) is 37.1 Å². The Balaban J connectivity index is 2.15. The van der Waals surface area contributed by atoms with Crippen molar-refractivity contribution in [3.8, 4) is 0 Å². The largest absolute Gasteiger partial charge is 0.471 e. The summed E-state index contributed by atoms with van der Waals surface area (Å²) in [6.45, 7) is 2.72. The standard InChI is InChI=1S/C20H22F3N3O2/c1-3-26(18(28)20(21,22)23)13-14-8-7-11-16(12-14)25-17(27)19(2,24)15-9-5-4-6-10-15/h4-12H,3,13,24H2,1-2H3,(H,25,27). The van der Waals surface area contributed by atoms with Crippen LogP contribution in [0, 0.1) is 0 Å². The van der Waals surface area contributed by atoms with Crippen molar-refractivity contribution >= 4 is 17.5 Å². The smallest absolute Gasteiger partial charge is 0.331 e. The van der Waals surface area contributed by atoms with E-state index in [1.165, 1.54) is 13.0 Å². The molecule has 2 rings (SSSR count). The first-order chi connectivity index (χ1) is 13.1. The topological polar surface area (TPSA) is 75.4 Å². The van der Waals surface area contributed by atoms with Crippen molar-refractivity contribution in [2.45, 2.75) is 32.1 Å². The highest BCUT2D eigenvalue weighted by Gasteiger charge is 2.41. The molecule has 8 heteroatoms. The van der Waals surface area contributed by atoms with Crippen LogP contribution in [0.15, 0.2) is 54.6 Å².